The quantitative estimate of drug-likeness (QED) is 0.774. The number of nitrogens with one attached hydrogen (secondary N) is 1. The van der Waals surface area contributed by atoms with Gasteiger partial charge in [-0.05, 0) is 24.3 Å². The average molecular weight is 265 g/mol. The van der Waals surface area contributed by atoms with E-state index in [4.69, 9.17) is 4.42 Å². The van der Waals surface area contributed by atoms with Crippen molar-refractivity contribution in [3.63, 3.8) is 0 Å². The standard InChI is InChI=1S/C16H11NO3/c18-15-12-8-4-5-9-14(12)20-10-13(15)17-16(19)11-6-2-1-3-7-11/h1-10H,(H,17,19). The van der Waals surface area contributed by atoms with Crippen LogP contribution in [0.1, 0.15) is 10.4 Å². The van der Waals surface area contributed by atoms with Crippen molar-refractivity contribution in [1.29, 1.82) is 0 Å². The second-order valence-corrected chi connectivity index (χ2v) is 4.29. The predicted molar refractivity (Wildman–Crippen MR) is 76.9 cm³/mol. The summed E-state index contributed by atoms with van der Waals surface area (Å²) in [5, 5.41) is 3.02. The molecule has 3 rings (SSSR count). The second kappa shape index (κ2) is 5.01. The van der Waals surface area contributed by atoms with E-state index >= 15 is 0 Å². The third-order valence-electron chi connectivity index (χ3n) is 2.96. The summed E-state index contributed by atoms with van der Waals surface area (Å²) < 4.78 is 5.35. The molecule has 0 aliphatic carbocycles. The molecule has 4 nitrogen and oxygen atoms in total. The molecule has 98 valence electrons. The number of carbonyl (C=O) groups excluding carboxylic acids is 1. The summed E-state index contributed by atoms with van der Waals surface area (Å²) in [6.07, 6.45) is 1.27. The molecule has 0 saturated carbocycles. The zero-order chi connectivity index (χ0) is 13.9. The topological polar surface area (TPSA) is 59.3 Å². The van der Waals surface area contributed by atoms with Crippen LogP contribution in [0.15, 0.2) is 70.1 Å². The van der Waals surface area contributed by atoms with Crippen LogP contribution in [0.25, 0.3) is 11.0 Å². The Morgan fingerprint density at radius 2 is 1.65 bits per heavy atom. The molecule has 0 unspecified atom stereocenters. The van der Waals surface area contributed by atoms with Gasteiger partial charge in [0.25, 0.3) is 5.91 Å². The normalized spacial score (nSPS) is 10.4. The Morgan fingerprint density at radius 3 is 2.45 bits per heavy atom. The van der Waals surface area contributed by atoms with E-state index < -0.39 is 0 Å². The molecule has 0 bridgehead atoms. The number of anilines is 1. The van der Waals surface area contributed by atoms with Gasteiger partial charge in [0, 0.05) is 5.56 Å². The molecule has 3 aromatic rings. The number of para-hydroxylation sites is 1. The molecule has 0 aliphatic rings. The summed E-state index contributed by atoms with van der Waals surface area (Å²) >= 11 is 0. The summed E-state index contributed by atoms with van der Waals surface area (Å²) in [4.78, 5) is 24.2. The van der Waals surface area contributed by atoms with Crippen LogP contribution in [0.4, 0.5) is 5.69 Å². The minimum atomic E-state index is -0.340. The maximum atomic E-state index is 12.2. The molecule has 1 aromatic heterocycles. The highest BCUT2D eigenvalue weighted by molar-refractivity contribution is 6.04. The van der Waals surface area contributed by atoms with Crippen LogP contribution < -0.4 is 10.7 Å². The van der Waals surface area contributed by atoms with Crippen LogP contribution in [-0.2, 0) is 0 Å². The van der Waals surface area contributed by atoms with E-state index in [1.807, 2.05) is 6.07 Å². The lowest BCUT2D eigenvalue weighted by Crippen LogP contribution is -2.18. The monoisotopic (exact) mass is 265 g/mol. The van der Waals surface area contributed by atoms with Gasteiger partial charge >= 0.3 is 0 Å². The van der Waals surface area contributed by atoms with Crippen molar-refractivity contribution in [1.82, 2.24) is 0 Å². The number of hydrogen-bond donors (Lipinski definition) is 1. The Kier molecular flexibility index (Phi) is 3.05. The third kappa shape index (κ3) is 2.19. The smallest absolute Gasteiger partial charge is 0.255 e. The number of hydrogen-bond acceptors (Lipinski definition) is 3. The van der Waals surface area contributed by atoms with E-state index in [1.165, 1.54) is 6.26 Å². The summed E-state index contributed by atoms with van der Waals surface area (Å²) in [5.41, 5.74) is 0.865. The van der Waals surface area contributed by atoms with Gasteiger partial charge in [0.15, 0.2) is 0 Å². The largest absolute Gasteiger partial charge is 0.462 e. The predicted octanol–water partition coefficient (Wildman–Crippen LogP) is 3.05. The van der Waals surface area contributed by atoms with E-state index in [0.29, 0.717) is 16.5 Å². The molecule has 1 heterocycles. The lowest BCUT2D eigenvalue weighted by Gasteiger charge is -2.05. The van der Waals surface area contributed by atoms with E-state index in [-0.39, 0.29) is 17.0 Å². The lowest BCUT2D eigenvalue weighted by molar-refractivity contribution is 0.102. The van der Waals surface area contributed by atoms with Gasteiger partial charge in [0.05, 0.1) is 5.39 Å². The first-order valence-electron chi connectivity index (χ1n) is 6.12. The van der Waals surface area contributed by atoms with Gasteiger partial charge in [-0.1, -0.05) is 30.3 Å². The number of carbonyl (C=O) groups is 1. The zero-order valence-electron chi connectivity index (χ0n) is 10.5. The molecule has 0 aliphatic heterocycles. The zero-order valence-corrected chi connectivity index (χ0v) is 10.5. The molecule has 1 N–H and O–H groups in total. The highest BCUT2D eigenvalue weighted by atomic mass is 16.3. The van der Waals surface area contributed by atoms with E-state index in [1.54, 1.807) is 48.5 Å². The van der Waals surface area contributed by atoms with E-state index in [9.17, 15) is 9.59 Å². The molecule has 20 heavy (non-hydrogen) atoms. The summed E-state index contributed by atoms with van der Waals surface area (Å²) in [7, 11) is 0. The van der Waals surface area contributed by atoms with Crippen molar-refractivity contribution < 1.29 is 9.21 Å². The Labute approximate surface area is 114 Å². The fourth-order valence-corrected chi connectivity index (χ4v) is 1.95. The molecule has 0 fully saturated rings. The van der Waals surface area contributed by atoms with E-state index in [0.717, 1.165) is 0 Å². The van der Waals surface area contributed by atoms with Crippen LogP contribution >= 0.6 is 0 Å². The Balaban J connectivity index is 1.98. The molecule has 2 aromatic carbocycles. The molecular formula is C16H11NO3. The first kappa shape index (κ1) is 12.2. The minimum absolute atomic E-state index is 0.137. The van der Waals surface area contributed by atoms with Crippen LogP contribution in [0, 0.1) is 0 Å². The molecule has 0 saturated heterocycles. The van der Waals surface area contributed by atoms with Gasteiger partial charge in [0.2, 0.25) is 5.43 Å². The van der Waals surface area contributed by atoms with Crippen LogP contribution in [0.5, 0.6) is 0 Å². The molecule has 0 atom stereocenters. The number of amides is 1. The first-order valence-corrected chi connectivity index (χ1v) is 6.12. The van der Waals surface area contributed by atoms with Crippen molar-refractivity contribution >= 4 is 22.6 Å². The molecule has 0 radical (unpaired) electrons. The van der Waals surface area contributed by atoms with Gasteiger partial charge in [-0.25, -0.2) is 0 Å². The van der Waals surface area contributed by atoms with Crippen LogP contribution in [-0.4, -0.2) is 5.91 Å². The number of benzene rings is 2. The first-order chi connectivity index (χ1) is 9.75. The van der Waals surface area contributed by atoms with Gasteiger partial charge < -0.3 is 9.73 Å². The summed E-state index contributed by atoms with van der Waals surface area (Å²) in [6, 6.07) is 15.6. The summed E-state index contributed by atoms with van der Waals surface area (Å²) in [5.74, 6) is -0.340. The minimum Gasteiger partial charge on any atom is -0.462 e. The third-order valence-corrected chi connectivity index (χ3v) is 2.96. The Bertz CT molecular complexity index is 822. The van der Waals surface area contributed by atoms with Crippen molar-refractivity contribution in [2.75, 3.05) is 5.32 Å². The van der Waals surface area contributed by atoms with Crippen molar-refractivity contribution in [2.45, 2.75) is 0 Å². The number of rotatable bonds is 2. The second-order valence-electron chi connectivity index (χ2n) is 4.29. The molecular weight excluding hydrogens is 254 g/mol. The Morgan fingerprint density at radius 1 is 0.950 bits per heavy atom. The van der Waals surface area contributed by atoms with Crippen molar-refractivity contribution in [3.8, 4) is 0 Å². The van der Waals surface area contributed by atoms with Gasteiger partial charge in [-0.15, -0.1) is 0 Å². The van der Waals surface area contributed by atoms with Crippen LogP contribution in [0.2, 0.25) is 0 Å². The lowest BCUT2D eigenvalue weighted by atomic mass is 10.2. The molecule has 0 spiro atoms. The highest BCUT2D eigenvalue weighted by Gasteiger charge is 2.10. The fraction of sp³-hybridized carbons (Fsp3) is 0. The maximum Gasteiger partial charge on any atom is 0.255 e. The van der Waals surface area contributed by atoms with Gasteiger partial charge in [-0.3, -0.25) is 9.59 Å². The van der Waals surface area contributed by atoms with E-state index in [2.05, 4.69) is 5.32 Å². The van der Waals surface area contributed by atoms with Gasteiger partial charge in [-0.2, -0.15) is 0 Å². The average Bonchev–Trinajstić information content (AvgIpc) is 2.51. The van der Waals surface area contributed by atoms with Crippen molar-refractivity contribution in [2.24, 2.45) is 0 Å². The SMILES string of the molecule is O=C(Nc1coc2ccccc2c1=O)c1ccccc1. The number of fused-ring (bicyclic) bond motifs is 1. The van der Waals surface area contributed by atoms with Crippen molar-refractivity contribution in [3.05, 3.63) is 76.6 Å². The Hall–Kier alpha value is -2.88. The molecule has 4 heteroatoms. The maximum absolute atomic E-state index is 12.2. The van der Waals surface area contributed by atoms with Gasteiger partial charge in [0.1, 0.15) is 17.5 Å². The van der Waals surface area contributed by atoms with Crippen LogP contribution in [0.3, 0.4) is 0 Å². The molecule has 1 amide bonds. The highest BCUT2D eigenvalue weighted by Crippen LogP contribution is 2.13. The fourth-order valence-electron chi connectivity index (χ4n) is 1.95. The summed E-state index contributed by atoms with van der Waals surface area (Å²) in [6.45, 7) is 0.